The van der Waals surface area contributed by atoms with Crippen LogP contribution in [0, 0.1) is 0 Å². The lowest BCUT2D eigenvalue weighted by molar-refractivity contribution is 0.281. The summed E-state index contributed by atoms with van der Waals surface area (Å²) in [6.45, 7) is 0.687. The molecule has 6 heteroatoms. The third kappa shape index (κ3) is 3.65. The summed E-state index contributed by atoms with van der Waals surface area (Å²) < 4.78 is 0. The van der Waals surface area contributed by atoms with Gasteiger partial charge in [0.1, 0.15) is 5.82 Å². The fraction of sp³-hybridized carbons (Fsp3) is 0.556. The van der Waals surface area contributed by atoms with Crippen molar-refractivity contribution in [1.82, 2.24) is 9.97 Å². The van der Waals surface area contributed by atoms with Gasteiger partial charge in [-0.25, -0.2) is 9.97 Å². The van der Waals surface area contributed by atoms with E-state index in [1.807, 2.05) is 6.26 Å². The van der Waals surface area contributed by atoms with Crippen molar-refractivity contribution in [2.45, 2.75) is 18.2 Å². The molecule has 0 atom stereocenters. The van der Waals surface area contributed by atoms with E-state index < -0.39 is 0 Å². The predicted octanol–water partition coefficient (Wildman–Crippen LogP) is 0.485. The van der Waals surface area contributed by atoms with Gasteiger partial charge in [-0.3, -0.25) is 0 Å². The Bertz CT molecular complexity index is 309. The Labute approximate surface area is 93.0 Å². The number of nitrogens with one attached hydrogen (secondary N) is 1. The Balaban J connectivity index is 2.72. The number of hydrogen-bond donors (Lipinski definition) is 3. The lowest BCUT2D eigenvalue weighted by Crippen LogP contribution is -2.08. The minimum atomic E-state index is -0.0872. The molecule has 3 N–H and O–H groups in total. The number of aromatic nitrogens is 2. The third-order valence-electron chi connectivity index (χ3n) is 1.82. The zero-order valence-electron chi connectivity index (χ0n) is 8.60. The van der Waals surface area contributed by atoms with Gasteiger partial charge in [-0.05, 0) is 12.7 Å². The first-order valence-electron chi connectivity index (χ1n) is 4.67. The van der Waals surface area contributed by atoms with Gasteiger partial charge in [0, 0.05) is 24.9 Å². The largest absolute Gasteiger partial charge is 0.396 e. The molecule has 0 spiro atoms. The van der Waals surface area contributed by atoms with Gasteiger partial charge in [0.2, 0.25) is 0 Å². The molecule has 0 aromatic carbocycles. The fourth-order valence-corrected chi connectivity index (χ4v) is 1.38. The van der Waals surface area contributed by atoms with Gasteiger partial charge in [0.15, 0.2) is 5.16 Å². The van der Waals surface area contributed by atoms with Crippen LogP contribution in [0.5, 0.6) is 0 Å². The van der Waals surface area contributed by atoms with Crippen molar-refractivity contribution in [3.8, 4) is 0 Å². The van der Waals surface area contributed by atoms with Crippen LogP contribution in [0.1, 0.15) is 12.0 Å². The zero-order chi connectivity index (χ0) is 11.1. The smallest absolute Gasteiger partial charge is 0.189 e. The second kappa shape index (κ2) is 6.60. The van der Waals surface area contributed by atoms with E-state index in [0.717, 1.165) is 0 Å². The normalized spacial score (nSPS) is 10.3. The molecule has 0 aliphatic carbocycles. The molecular weight excluding hydrogens is 214 g/mol. The quantitative estimate of drug-likeness (QED) is 0.374. The number of hydrogen-bond acceptors (Lipinski definition) is 6. The van der Waals surface area contributed by atoms with Gasteiger partial charge in [-0.2, -0.15) is 0 Å². The molecule has 1 aromatic heterocycles. The van der Waals surface area contributed by atoms with Crippen LogP contribution in [0.2, 0.25) is 0 Å². The summed E-state index contributed by atoms with van der Waals surface area (Å²) in [5, 5.41) is 21.4. The standard InChI is InChI=1S/C9H15N3O2S/c1-15-9-11-5-7(6-14)8(12-9)10-3-2-4-13/h5,13-14H,2-4,6H2,1H3,(H,10,11,12). The Morgan fingerprint density at radius 2 is 2.27 bits per heavy atom. The van der Waals surface area contributed by atoms with E-state index in [0.29, 0.717) is 29.5 Å². The molecule has 0 aliphatic rings. The van der Waals surface area contributed by atoms with Gasteiger partial charge in [0.05, 0.1) is 6.61 Å². The van der Waals surface area contributed by atoms with E-state index in [4.69, 9.17) is 10.2 Å². The van der Waals surface area contributed by atoms with Crippen molar-refractivity contribution in [3.63, 3.8) is 0 Å². The number of aliphatic hydroxyl groups excluding tert-OH is 2. The summed E-state index contributed by atoms with van der Waals surface area (Å²) in [6.07, 6.45) is 4.16. The Kier molecular flexibility index (Phi) is 5.38. The lowest BCUT2D eigenvalue weighted by Gasteiger charge is -2.09. The zero-order valence-corrected chi connectivity index (χ0v) is 9.42. The van der Waals surface area contributed by atoms with E-state index in [-0.39, 0.29) is 13.2 Å². The summed E-state index contributed by atoms with van der Waals surface area (Å²) in [4.78, 5) is 8.29. The van der Waals surface area contributed by atoms with E-state index in [1.54, 1.807) is 6.20 Å². The van der Waals surface area contributed by atoms with Crippen LogP contribution < -0.4 is 5.32 Å². The van der Waals surface area contributed by atoms with Gasteiger partial charge < -0.3 is 15.5 Å². The topological polar surface area (TPSA) is 78.3 Å². The van der Waals surface area contributed by atoms with Crippen LogP contribution in [0.25, 0.3) is 0 Å². The maximum absolute atomic E-state index is 9.06. The highest BCUT2D eigenvalue weighted by Crippen LogP contribution is 2.16. The molecule has 5 nitrogen and oxygen atoms in total. The van der Waals surface area contributed by atoms with E-state index in [1.165, 1.54) is 11.8 Å². The van der Waals surface area contributed by atoms with Gasteiger partial charge in [-0.15, -0.1) is 0 Å². The van der Waals surface area contributed by atoms with Crippen LogP contribution in [-0.4, -0.2) is 39.6 Å². The van der Waals surface area contributed by atoms with Crippen molar-refractivity contribution in [2.75, 3.05) is 24.7 Å². The molecule has 15 heavy (non-hydrogen) atoms. The molecule has 0 bridgehead atoms. The van der Waals surface area contributed by atoms with Crippen molar-refractivity contribution < 1.29 is 10.2 Å². The molecule has 0 fully saturated rings. The number of thioether (sulfide) groups is 1. The average Bonchev–Trinajstić information content (AvgIpc) is 2.29. The van der Waals surface area contributed by atoms with Crippen LogP contribution in [-0.2, 0) is 6.61 Å². The predicted molar refractivity (Wildman–Crippen MR) is 59.9 cm³/mol. The second-order valence-corrected chi connectivity index (χ2v) is 3.67. The molecule has 0 aliphatic heterocycles. The molecule has 0 saturated carbocycles. The molecular formula is C9H15N3O2S. The van der Waals surface area contributed by atoms with Gasteiger partial charge in [-0.1, -0.05) is 11.8 Å². The average molecular weight is 229 g/mol. The summed E-state index contributed by atoms with van der Waals surface area (Å²) in [5.74, 6) is 0.644. The highest BCUT2D eigenvalue weighted by atomic mass is 32.2. The first-order valence-corrected chi connectivity index (χ1v) is 5.89. The molecule has 0 amide bonds. The molecule has 84 valence electrons. The summed E-state index contributed by atoms with van der Waals surface area (Å²) >= 11 is 1.45. The van der Waals surface area contributed by atoms with E-state index >= 15 is 0 Å². The lowest BCUT2D eigenvalue weighted by atomic mass is 10.3. The summed E-state index contributed by atoms with van der Waals surface area (Å²) in [5.41, 5.74) is 0.672. The Hall–Kier alpha value is -0.850. The maximum atomic E-state index is 9.06. The van der Waals surface area contributed by atoms with Crippen molar-refractivity contribution in [2.24, 2.45) is 0 Å². The van der Waals surface area contributed by atoms with Gasteiger partial charge in [0.25, 0.3) is 0 Å². The van der Waals surface area contributed by atoms with Crippen LogP contribution in [0.15, 0.2) is 11.4 Å². The number of aliphatic hydroxyl groups is 2. The summed E-state index contributed by atoms with van der Waals surface area (Å²) in [6, 6.07) is 0. The van der Waals surface area contributed by atoms with Crippen molar-refractivity contribution in [1.29, 1.82) is 0 Å². The molecule has 1 aromatic rings. The maximum Gasteiger partial charge on any atom is 0.189 e. The van der Waals surface area contributed by atoms with Crippen LogP contribution in [0.3, 0.4) is 0 Å². The second-order valence-electron chi connectivity index (χ2n) is 2.89. The Morgan fingerprint density at radius 1 is 1.47 bits per heavy atom. The van der Waals surface area contributed by atoms with Gasteiger partial charge >= 0.3 is 0 Å². The van der Waals surface area contributed by atoms with E-state index in [2.05, 4.69) is 15.3 Å². The fourth-order valence-electron chi connectivity index (χ4n) is 1.04. The van der Waals surface area contributed by atoms with E-state index in [9.17, 15) is 0 Å². The highest BCUT2D eigenvalue weighted by molar-refractivity contribution is 7.98. The minimum absolute atomic E-state index is 0.0872. The molecule has 1 heterocycles. The monoisotopic (exact) mass is 229 g/mol. The number of anilines is 1. The Morgan fingerprint density at radius 3 is 2.87 bits per heavy atom. The SMILES string of the molecule is CSc1ncc(CO)c(NCCCO)n1. The first-order chi connectivity index (χ1) is 7.31. The number of rotatable bonds is 6. The summed E-state index contributed by atoms with van der Waals surface area (Å²) in [7, 11) is 0. The highest BCUT2D eigenvalue weighted by Gasteiger charge is 2.05. The van der Waals surface area contributed by atoms with Crippen molar-refractivity contribution in [3.05, 3.63) is 11.8 Å². The van der Waals surface area contributed by atoms with Crippen LogP contribution >= 0.6 is 11.8 Å². The molecule has 1 rings (SSSR count). The minimum Gasteiger partial charge on any atom is -0.396 e. The third-order valence-corrected chi connectivity index (χ3v) is 2.38. The molecule has 0 unspecified atom stereocenters. The van der Waals surface area contributed by atoms with Crippen molar-refractivity contribution >= 4 is 17.6 Å². The molecule has 0 radical (unpaired) electrons. The van der Waals surface area contributed by atoms with Crippen LogP contribution in [0.4, 0.5) is 5.82 Å². The molecule has 0 saturated heterocycles. The first kappa shape index (κ1) is 12.2. The number of nitrogens with zero attached hydrogens (tertiary/aromatic N) is 2.